The Morgan fingerprint density at radius 1 is 1.19 bits per heavy atom. The van der Waals surface area contributed by atoms with Crippen molar-refractivity contribution in [2.45, 2.75) is 26.0 Å². The van der Waals surface area contributed by atoms with E-state index in [-0.39, 0.29) is 19.4 Å². The Hall–Kier alpha value is -2.70. The fourth-order valence-electron chi connectivity index (χ4n) is 1.70. The molecule has 1 aromatic heterocycles. The molecule has 0 saturated carbocycles. The molecule has 0 unspecified atom stereocenters. The van der Waals surface area contributed by atoms with E-state index in [4.69, 9.17) is 10.5 Å². The lowest BCUT2D eigenvalue weighted by atomic mass is 10.2. The molecular formula is C14H16N4O3. The van der Waals surface area contributed by atoms with Crippen molar-refractivity contribution >= 4 is 11.9 Å². The molecule has 21 heavy (non-hydrogen) atoms. The summed E-state index contributed by atoms with van der Waals surface area (Å²) in [6.07, 6.45) is 1.68. The highest BCUT2D eigenvalue weighted by molar-refractivity contribution is 5.79. The predicted octanol–water partition coefficient (Wildman–Crippen LogP) is 0.635. The summed E-state index contributed by atoms with van der Waals surface area (Å²) in [5.41, 5.74) is 6.61. The number of rotatable bonds is 7. The summed E-state index contributed by atoms with van der Waals surface area (Å²) >= 11 is 0. The molecule has 0 radical (unpaired) electrons. The minimum atomic E-state index is -0.527. The van der Waals surface area contributed by atoms with E-state index in [0.29, 0.717) is 12.2 Å². The van der Waals surface area contributed by atoms with Gasteiger partial charge in [0, 0.05) is 6.42 Å². The second-order valence-corrected chi connectivity index (χ2v) is 4.52. The van der Waals surface area contributed by atoms with Crippen LogP contribution in [0.4, 0.5) is 0 Å². The molecule has 0 aliphatic rings. The van der Waals surface area contributed by atoms with E-state index in [9.17, 15) is 9.59 Å². The van der Waals surface area contributed by atoms with Gasteiger partial charge in [0.25, 0.3) is 0 Å². The topological polar surface area (TPSA) is 100 Å². The van der Waals surface area contributed by atoms with Gasteiger partial charge < -0.3 is 10.5 Å². The molecule has 7 heteroatoms. The van der Waals surface area contributed by atoms with Crippen molar-refractivity contribution in [1.29, 1.82) is 0 Å². The summed E-state index contributed by atoms with van der Waals surface area (Å²) in [6, 6.07) is 9.83. The number of nitrogens with two attached hydrogens (primary N) is 1. The van der Waals surface area contributed by atoms with Gasteiger partial charge in [-0.1, -0.05) is 35.5 Å². The van der Waals surface area contributed by atoms with Gasteiger partial charge >= 0.3 is 5.97 Å². The first-order valence-corrected chi connectivity index (χ1v) is 6.50. The zero-order chi connectivity index (χ0) is 15.1. The van der Waals surface area contributed by atoms with Gasteiger partial charge in [0.1, 0.15) is 12.3 Å². The molecule has 2 N–H and O–H groups in total. The third-order valence-electron chi connectivity index (χ3n) is 2.73. The van der Waals surface area contributed by atoms with E-state index < -0.39 is 11.9 Å². The molecule has 1 heterocycles. The lowest BCUT2D eigenvalue weighted by Gasteiger charge is -2.01. The van der Waals surface area contributed by atoms with E-state index in [1.54, 1.807) is 10.9 Å². The second-order valence-electron chi connectivity index (χ2n) is 4.52. The van der Waals surface area contributed by atoms with Crippen LogP contribution in [0.25, 0.3) is 0 Å². The number of aromatic nitrogens is 3. The van der Waals surface area contributed by atoms with Crippen molar-refractivity contribution in [1.82, 2.24) is 15.0 Å². The maximum absolute atomic E-state index is 11.3. The highest BCUT2D eigenvalue weighted by atomic mass is 16.5. The quantitative estimate of drug-likeness (QED) is 0.753. The maximum atomic E-state index is 11.3. The summed E-state index contributed by atoms with van der Waals surface area (Å²) in [7, 11) is 0. The molecule has 0 fully saturated rings. The molecule has 0 aliphatic heterocycles. The van der Waals surface area contributed by atoms with Crippen molar-refractivity contribution < 1.29 is 14.3 Å². The van der Waals surface area contributed by atoms with Gasteiger partial charge in [0.15, 0.2) is 0 Å². The standard InChI is InChI=1S/C14H16N4O3/c15-13(19)6-7-14(20)21-10-12-9-18(17-16-12)8-11-4-2-1-3-5-11/h1-5,9H,6-8,10H2,(H2,15,19). The second kappa shape index (κ2) is 7.18. The van der Waals surface area contributed by atoms with E-state index in [2.05, 4.69) is 10.3 Å². The molecule has 2 rings (SSSR count). The lowest BCUT2D eigenvalue weighted by Crippen LogP contribution is -2.14. The molecule has 110 valence electrons. The Balaban J connectivity index is 1.80. The van der Waals surface area contributed by atoms with Gasteiger partial charge in [0.05, 0.1) is 19.2 Å². The molecule has 0 bridgehead atoms. The first kappa shape index (κ1) is 14.7. The van der Waals surface area contributed by atoms with Gasteiger partial charge in [-0.15, -0.1) is 5.10 Å². The third kappa shape index (κ3) is 5.06. The Morgan fingerprint density at radius 2 is 1.95 bits per heavy atom. The van der Waals surface area contributed by atoms with Crippen molar-refractivity contribution in [3.05, 3.63) is 47.8 Å². The Morgan fingerprint density at radius 3 is 2.67 bits per heavy atom. The van der Waals surface area contributed by atoms with Crippen LogP contribution in [0.5, 0.6) is 0 Å². The number of primary amides is 1. The summed E-state index contributed by atoms with van der Waals surface area (Å²) in [4.78, 5) is 21.9. The molecule has 0 atom stereocenters. The first-order valence-electron chi connectivity index (χ1n) is 6.50. The Bertz CT molecular complexity index is 610. The Kier molecular flexibility index (Phi) is 5.03. The zero-order valence-corrected chi connectivity index (χ0v) is 11.4. The average molecular weight is 288 g/mol. The van der Waals surface area contributed by atoms with Gasteiger partial charge in [-0.05, 0) is 5.56 Å². The molecule has 2 aromatic rings. The van der Waals surface area contributed by atoms with Crippen LogP contribution in [0.2, 0.25) is 0 Å². The largest absolute Gasteiger partial charge is 0.459 e. The monoisotopic (exact) mass is 288 g/mol. The number of carbonyl (C=O) groups excluding carboxylic acids is 2. The van der Waals surface area contributed by atoms with Gasteiger partial charge in [-0.3, -0.25) is 9.59 Å². The van der Waals surface area contributed by atoms with Crippen molar-refractivity contribution in [2.75, 3.05) is 0 Å². The molecule has 7 nitrogen and oxygen atoms in total. The van der Waals surface area contributed by atoms with Crippen LogP contribution in [-0.4, -0.2) is 26.9 Å². The summed E-state index contributed by atoms with van der Waals surface area (Å²) < 4.78 is 6.65. The normalized spacial score (nSPS) is 10.3. The molecule has 1 amide bonds. The highest BCUT2D eigenvalue weighted by Crippen LogP contribution is 2.03. The third-order valence-corrected chi connectivity index (χ3v) is 2.73. The predicted molar refractivity (Wildman–Crippen MR) is 73.8 cm³/mol. The number of hydrogen-bond donors (Lipinski definition) is 1. The minimum Gasteiger partial charge on any atom is -0.459 e. The maximum Gasteiger partial charge on any atom is 0.306 e. The number of amides is 1. The zero-order valence-electron chi connectivity index (χ0n) is 11.4. The number of carbonyl (C=O) groups is 2. The summed E-state index contributed by atoms with van der Waals surface area (Å²) in [6.45, 7) is 0.635. The molecule has 1 aromatic carbocycles. The van der Waals surface area contributed by atoms with Crippen molar-refractivity contribution in [3.63, 3.8) is 0 Å². The van der Waals surface area contributed by atoms with Gasteiger partial charge in [-0.2, -0.15) is 0 Å². The van der Waals surface area contributed by atoms with Crippen molar-refractivity contribution in [2.24, 2.45) is 5.73 Å². The van der Waals surface area contributed by atoms with Gasteiger partial charge in [0.2, 0.25) is 5.91 Å². The van der Waals surface area contributed by atoms with E-state index in [1.807, 2.05) is 30.3 Å². The van der Waals surface area contributed by atoms with E-state index in [0.717, 1.165) is 5.56 Å². The van der Waals surface area contributed by atoms with Crippen LogP contribution >= 0.6 is 0 Å². The molecule has 0 spiro atoms. The SMILES string of the molecule is NC(=O)CCC(=O)OCc1cn(Cc2ccccc2)nn1. The van der Waals surface area contributed by atoms with Gasteiger partial charge in [-0.25, -0.2) is 4.68 Å². The van der Waals surface area contributed by atoms with Crippen LogP contribution in [0, 0.1) is 0 Å². The van der Waals surface area contributed by atoms with Crippen molar-refractivity contribution in [3.8, 4) is 0 Å². The minimum absolute atomic E-state index is 0.0144. The number of benzene rings is 1. The Labute approximate surface area is 121 Å². The molecular weight excluding hydrogens is 272 g/mol. The molecule has 0 saturated heterocycles. The van der Waals surface area contributed by atoms with Crippen LogP contribution < -0.4 is 5.73 Å². The number of nitrogens with zero attached hydrogens (tertiary/aromatic N) is 3. The smallest absolute Gasteiger partial charge is 0.306 e. The highest BCUT2D eigenvalue weighted by Gasteiger charge is 2.08. The average Bonchev–Trinajstić information content (AvgIpc) is 2.91. The fraction of sp³-hybridized carbons (Fsp3) is 0.286. The summed E-state index contributed by atoms with van der Waals surface area (Å²) in [5, 5.41) is 7.89. The lowest BCUT2D eigenvalue weighted by molar-refractivity contribution is -0.146. The van der Waals surface area contributed by atoms with E-state index in [1.165, 1.54) is 0 Å². The number of esters is 1. The van der Waals surface area contributed by atoms with Crippen LogP contribution in [0.15, 0.2) is 36.5 Å². The number of hydrogen-bond acceptors (Lipinski definition) is 5. The molecule has 0 aliphatic carbocycles. The first-order chi connectivity index (χ1) is 10.1. The van der Waals surface area contributed by atoms with Crippen LogP contribution in [-0.2, 0) is 27.5 Å². The van der Waals surface area contributed by atoms with Crippen LogP contribution in [0.1, 0.15) is 24.1 Å². The fourth-order valence-corrected chi connectivity index (χ4v) is 1.70. The van der Waals surface area contributed by atoms with E-state index >= 15 is 0 Å². The summed E-state index contributed by atoms with van der Waals surface area (Å²) in [5.74, 6) is -1.01. The number of ether oxygens (including phenoxy) is 1. The van der Waals surface area contributed by atoms with Crippen LogP contribution in [0.3, 0.4) is 0 Å².